The molecule has 0 aliphatic heterocycles. The Morgan fingerprint density at radius 3 is 1.64 bits per heavy atom. The summed E-state index contributed by atoms with van der Waals surface area (Å²) in [5.74, 6) is 1.76. The van der Waals surface area contributed by atoms with Crippen molar-refractivity contribution in [2.45, 2.75) is 125 Å². The fraction of sp³-hybridized carbons (Fsp3) is 0.957. The van der Waals surface area contributed by atoms with Gasteiger partial charge < -0.3 is 4.74 Å². The summed E-state index contributed by atoms with van der Waals surface area (Å²) in [6.45, 7) is 13.2. The van der Waals surface area contributed by atoms with Crippen LogP contribution >= 0.6 is 0 Å². The predicted octanol–water partition coefficient (Wildman–Crippen LogP) is 7.55. The van der Waals surface area contributed by atoms with Crippen molar-refractivity contribution < 1.29 is 9.53 Å². The minimum Gasteiger partial charge on any atom is -0.462 e. The molecule has 0 fully saturated rings. The molecule has 150 valence electrons. The molecule has 0 N–H and O–H groups in total. The van der Waals surface area contributed by atoms with Gasteiger partial charge in [-0.05, 0) is 24.2 Å². The van der Waals surface area contributed by atoms with Crippen molar-refractivity contribution in [3.63, 3.8) is 0 Å². The second kappa shape index (κ2) is 15.7. The van der Waals surface area contributed by atoms with Crippen molar-refractivity contribution in [3.8, 4) is 0 Å². The van der Waals surface area contributed by atoms with Crippen LogP contribution in [0.4, 0.5) is 0 Å². The number of esters is 1. The van der Waals surface area contributed by atoms with Crippen molar-refractivity contribution in [1.29, 1.82) is 0 Å². The Morgan fingerprint density at radius 1 is 0.720 bits per heavy atom. The molecule has 0 unspecified atom stereocenters. The second-order valence-electron chi connectivity index (χ2n) is 8.56. The molecule has 2 nitrogen and oxygen atoms in total. The summed E-state index contributed by atoms with van der Waals surface area (Å²) in [7, 11) is 0. The summed E-state index contributed by atoms with van der Waals surface area (Å²) in [5, 5.41) is 0. The van der Waals surface area contributed by atoms with Gasteiger partial charge in [-0.1, -0.05) is 106 Å². The minimum absolute atomic E-state index is 0.00522. The van der Waals surface area contributed by atoms with E-state index in [2.05, 4.69) is 41.5 Å². The quantitative estimate of drug-likeness (QED) is 0.211. The number of rotatable bonds is 16. The van der Waals surface area contributed by atoms with E-state index in [-0.39, 0.29) is 12.1 Å². The Labute approximate surface area is 158 Å². The van der Waals surface area contributed by atoms with Crippen LogP contribution < -0.4 is 0 Å². The zero-order valence-electron chi connectivity index (χ0n) is 18.1. The van der Waals surface area contributed by atoms with Crippen LogP contribution in [0.3, 0.4) is 0 Å². The second-order valence-corrected chi connectivity index (χ2v) is 8.56. The highest BCUT2D eigenvalue weighted by molar-refractivity contribution is 5.69. The number of carbonyl (C=O) groups excluding carboxylic acids is 1. The highest BCUT2D eigenvalue weighted by Gasteiger charge is 2.18. The molecule has 0 bridgehead atoms. The molecule has 0 aromatic rings. The van der Waals surface area contributed by atoms with Gasteiger partial charge in [0, 0.05) is 6.42 Å². The lowest BCUT2D eigenvalue weighted by molar-refractivity contribution is -0.152. The van der Waals surface area contributed by atoms with Crippen molar-refractivity contribution in [2.75, 3.05) is 0 Å². The summed E-state index contributed by atoms with van der Waals surface area (Å²) < 4.78 is 5.60. The Morgan fingerprint density at radius 2 is 1.20 bits per heavy atom. The molecule has 0 spiro atoms. The van der Waals surface area contributed by atoms with E-state index >= 15 is 0 Å². The van der Waals surface area contributed by atoms with Gasteiger partial charge in [-0.2, -0.15) is 0 Å². The first-order valence-electron chi connectivity index (χ1n) is 11.1. The van der Waals surface area contributed by atoms with E-state index in [9.17, 15) is 4.79 Å². The molecule has 0 aliphatic rings. The highest BCUT2D eigenvalue weighted by atomic mass is 16.5. The summed E-state index contributed by atoms with van der Waals surface area (Å²) in [5.41, 5.74) is 0. The zero-order valence-corrected chi connectivity index (χ0v) is 18.1. The smallest absolute Gasteiger partial charge is 0.306 e. The molecule has 0 saturated carbocycles. The normalized spacial score (nSPS) is 15.2. The summed E-state index contributed by atoms with van der Waals surface area (Å²) in [4.78, 5) is 12.0. The summed E-state index contributed by atoms with van der Waals surface area (Å²) >= 11 is 0. The molecule has 0 heterocycles. The third kappa shape index (κ3) is 14.3. The number of hydrogen-bond acceptors (Lipinski definition) is 2. The van der Waals surface area contributed by atoms with Crippen LogP contribution in [0.1, 0.15) is 119 Å². The molecular weight excluding hydrogens is 308 g/mol. The van der Waals surface area contributed by atoms with Crippen molar-refractivity contribution in [2.24, 2.45) is 17.8 Å². The largest absolute Gasteiger partial charge is 0.462 e. The third-order valence-electron chi connectivity index (χ3n) is 5.53. The van der Waals surface area contributed by atoms with Gasteiger partial charge in [0.1, 0.15) is 6.10 Å². The molecule has 2 heteroatoms. The van der Waals surface area contributed by atoms with Crippen molar-refractivity contribution >= 4 is 5.97 Å². The lowest BCUT2D eigenvalue weighted by Gasteiger charge is -2.20. The standard InChI is InChI=1S/C23H46O2/c1-7-20(5)16-14-12-10-9-11-13-15-17-21(6)18-23(24)25-22(8-2)19(3)4/h19-22H,7-18H2,1-6H3/t20-,21+,22+/m1/s1. The Hall–Kier alpha value is -0.530. The first-order valence-corrected chi connectivity index (χ1v) is 11.1. The molecule has 3 atom stereocenters. The Kier molecular flexibility index (Phi) is 15.4. The number of unbranched alkanes of at least 4 members (excludes halogenated alkanes) is 6. The molecule has 0 aliphatic carbocycles. The molecule has 0 amide bonds. The van der Waals surface area contributed by atoms with Gasteiger partial charge in [-0.15, -0.1) is 0 Å². The van der Waals surface area contributed by atoms with E-state index in [1.807, 2.05) is 0 Å². The molecule has 0 aromatic heterocycles. The van der Waals surface area contributed by atoms with Crippen LogP contribution in [0.2, 0.25) is 0 Å². The average Bonchev–Trinajstić information content (AvgIpc) is 2.57. The van der Waals surface area contributed by atoms with Crippen molar-refractivity contribution in [1.82, 2.24) is 0 Å². The monoisotopic (exact) mass is 354 g/mol. The number of ether oxygens (including phenoxy) is 1. The molecule has 0 saturated heterocycles. The van der Waals surface area contributed by atoms with Crippen LogP contribution in [-0.2, 0) is 9.53 Å². The topological polar surface area (TPSA) is 26.3 Å². The van der Waals surface area contributed by atoms with Gasteiger partial charge in [-0.25, -0.2) is 0 Å². The zero-order chi connectivity index (χ0) is 19.1. The lowest BCUT2D eigenvalue weighted by atomic mass is 9.97. The molecule has 0 rings (SSSR count). The van der Waals surface area contributed by atoms with E-state index in [0.717, 1.165) is 18.8 Å². The average molecular weight is 355 g/mol. The SMILES string of the molecule is CC[C@@H](C)CCCCCCCCC[C@H](C)CC(=O)O[C@@H](CC)C(C)C. The van der Waals surface area contributed by atoms with Crippen LogP contribution in [-0.4, -0.2) is 12.1 Å². The van der Waals surface area contributed by atoms with Gasteiger partial charge in [0.25, 0.3) is 0 Å². The predicted molar refractivity (Wildman–Crippen MR) is 110 cm³/mol. The van der Waals surface area contributed by atoms with Gasteiger partial charge >= 0.3 is 5.97 Å². The molecular formula is C23H46O2. The fourth-order valence-electron chi connectivity index (χ4n) is 3.37. The first-order chi connectivity index (χ1) is 11.9. The van der Waals surface area contributed by atoms with Gasteiger partial charge in [0.05, 0.1) is 0 Å². The maximum absolute atomic E-state index is 12.0. The van der Waals surface area contributed by atoms with Gasteiger partial charge in [-0.3, -0.25) is 4.79 Å². The molecule has 0 radical (unpaired) electrons. The summed E-state index contributed by atoms with van der Waals surface area (Å²) in [6, 6.07) is 0. The number of hydrogen-bond donors (Lipinski definition) is 0. The molecule has 0 aromatic carbocycles. The van der Waals surface area contributed by atoms with Gasteiger partial charge in [0.15, 0.2) is 0 Å². The van der Waals surface area contributed by atoms with E-state index < -0.39 is 0 Å². The van der Waals surface area contributed by atoms with Crippen LogP contribution in [0.15, 0.2) is 0 Å². The van der Waals surface area contributed by atoms with Crippen LogP contribution in [0.25, 0.3) is 0 Å². The fourth-order valence-corrected chi connectivity index (χ4v) is 3.37. The van der Waals surface area contributed by atoms with Crippen LogP contribution in [0.5, 0.6) is 0 Å². The maximum Gasteiger partial charge on any atom is 0.306 e. The maximum atomic E-state index is 12.0. The molecule has 25 heavy (non-hydrogen) atoms. The highest BCUT2D eigenvalue weighted by Crippen LogP contribution is 2.18. The Balaban J connectivity index is 3.54. The minimum atomic E-state index is -0.00522. The first kappa shape index (κ1) is 24.5. The van der Waals surface area contributed by atoms with Gasteiger partial charge in [0.2, 0.25) is 0 Å². The van der Waals surface area contributed by atoms with E-state index in [1.165, 1.54) is 57.8 Å². The van der Waals surface area contributed by atoms with E-state index in [4.69, 9.17) is 4.74 Å². The number of carbonyl (C=O) groups is 1. The Bertz CT molecular complexity index is 311. The van der Waals surface area contributed by atoms with E-state index in [0.29, 0.717) is 18.3 Å². The van der Waals surface area contributed by atoms with Crippen LogP contribution in [0, 0.1) is 17.8 Å². The van der Waals surface area contributed by atoms with Crippen molar-refractivity contribution in [3.05, 3.63) is 0 Å². The summed E-state index contributed by atoms with van der Waals surface area (Å²) in [6.07, 6.45) is 15.0. The lowest BCUT2D eigenvalue weighted by Crippen LogP contribution is -2.23. The third-order valence-corrected chi connectivity index (χ3v) is 5.53. The van der Waals surface area contributed by atoms with E-state index in [1.54, 1.807) is 0 Å².